The molecule has 2 saturated heterocycles. The predicted molar refractivity (Wildman–Crippen MR) is 235 cm³/mol. The Morgan fingerprint density at radius 2 is 1.23 bits per heavy atom. The summed E-state index contributed by atoms with van der Waals surface area (Å²) in [5.41, 5.74) is 6.48. The first kappa shape index (κ1) is 57.0. The standard InChI is InChI=1S/C41H48FN5O.3C2HF3O2/c1-32-29-46(19-18-43-32)31-35-11-6-14-37(25-35)39-27-34(16-17-40(39)42)28-44-41(48)38-15-7-12-36(26-38)30-45-20-23-47(2,24-21-45)22-8-13-33-9-4-3-5-10-33;3*3-2(4,5)1(6)7/h3-17,25-27,32,43H,18-24,28-31H2,1-2H3;3*(H,6,7)/p+1/b13-8+;;;/t32-;;;/m0.../s1. The van der Waals surface area contributed by atoms with Crippen molar-refractivity contribution in [1.29, 1.82) is 0 Å². The number of alkyl halides is 9. The number of nitrogens with zero attached hydrogens (tertiary/aromatic N) is 3. The van der Waals surface area contributed by atoms with Crippen molar-refractivity contribution in [2.45, 2.75) is 51.1 Å². The van der Waals surface area contributed by atoms with Crippen molar-refractivity contribution in [3.8, 4) is 11.1 Å². The SMILES string of the molecule is C[C@H]1CN(Cc2cccc(-c3cc(CNC(=O)c4cccc(CN5CC[N+](C)(C/C=C/c6ccccc6)CC5)c4)ccc3F)c2)CCN1.O=C(O)C(F)(F)F.O=C(O)C(F)(F)F.O=C(O)C(F)(F)F. The molecule has 1 amide bonds. The Balaban J connectivity index is 0.000000500. The van der Waals surface area contributed by atoms with E-state index in [1.807, 2.05) is 42.5 Å². The molecule has 2 heterocycles. The maximum atomic E-state index is 15.0. The molecule has 1 atom stereocenters. The van der Waals surface area contributed by atoms with E-state index < -0.39 is 36.4 Å². The largest absolute Gasteiger partial charge is 0.490 e. The zero-order chi connectivity index (χ0) is 51.6. The van der Waals surface area contributed by atoms with Gasteiger partial charge in [0.25, 0.3) is 5.91 Å². The molecule has 4 aromatic carbocycles. The average molecular weight is 989 g/mol. The van der Waals surface area contributed by atoms with Gasteiger partial charge in [-0.1, -0.05) is 72.8 Å². The summed E-state index contributed by atoms with van der Waals surface area (Å²) in [7, 11) is 2.34. The Morgan fingerprint density at radius 1 is 0.696 bits per heavy atom. The Hall–Kier alpha value is -6.36. The molecule has 69 heavy (non-hydrogen) atoms. The van der Waals surface area contributed by atoms with Gasteiger partial charge in [0.15, 0.2) is 0 Å². The molecule has 0 aliphatic carbocycles. The molecule has 6 rings (SSSR count). The molecule has 0 bridgehead atoms. The van der Waals surface area contributed by atoms with E-state index in [1.165, 1.54) is 17.2 Å². The van der Waals surface area contributed by atoms with Crippen LogP contribution in [0.1, 0.15) is 39.5 Å². The predicted octanol–water partition coefficient (Wildman–Crippen LogP) is 8.09. The number of carboxylic acids is 3. The molecule has 22 heteroatoms. The lowest BCUT2D eigenvalue weighted by Gasteiger charge is -2.41. The van der Waals surface area contributed by atoms with E-state index in [2.05, 4.69) is 89.0 Å². The number of piperazine rings is 2. The number of quaternary nitrogens is 1. The van der Waals surface area contributed by atoms with Crippen molar-refractivity contribution in [2.75, 3.05) is 59.4 Å². The van der Waals surface area contributed by atoms with E-state index in [-0.39, 0.29) is 11.7 Å². The quantitative estimate of drug-likeness (QED) is 0.0735. The third-order valence-electron chi connectivity index (χ3n) is 10.5. The van der Waals surface area contributed by atoms with Gasteiger partial charge >= 0.3 is 36.4 Å². The van der Waals surface area contributed by atoms with E-state index in [0.717, 1.165) is 86.6 Å². The molecule has 2 aliphatic heterocycles. The van der Waals surface area contributed by atoms with Gasteiger partial charge in [0, 0.05) is 69.5 Å². The molecule has 0 saturated carbocycles. The highest BCUT2D eigenvalue weighted by molar-refractivity contribution is 5.94. The smallest absolute Gasteiger partial charge is 0.475 e. The molecule has 12 nitrogen and oxygen atoms in total. The molecule has 0 radical (unpaired) electrons. The highest BCUT2D eigenvalue weighted by Gasteiger charge is 2.39. The Labute approximate surface area is 391 Å². The summed E-state index contributed by atoms with van der Waals surface area (Å²) < 4.78 is 111. The second-order valence-electron chi connectivity index (χ2n) is 16.2. The number of aliphatic carboxylic acids is 3. The average Bonchev–Trinajstić information content (AvgIpc) is 3.27. The van der Waals surface area contributed by atoms with Crippen LogP contribution in [0.4, 0.5) is 43.9 Å². The fourth-order valence-electron chi connectivity index (χ4n) is 6.85. The number of amides is 1. The molecule has 0 aromatic heterocycles. The van der Waals surface area contributed by atoms with Gasteiger partial charge in [-0.05, 0) is 71.1 Å². The Bertz CT molecular complexity index is 2280. The van der Waals surface area contributed by atoms with Gasteiger partial charge in [0.1, 0.15) is 5.82 Å². The summed E-state index contributed by atoms with van der Waals surface area (Å²) in [4.78, 5) is 44.8. The van der Waals surface area contributed by atoms with Gasteiger partial charge in [-0.15, -0.1) is 0 Å². The first-order valence-electron chi connectivity index (χ1n) is 21.0. The van der Waals surface area contributed by atoms with Crippen LogP contribution in [0.15, 0.2) is 103 Å². The van der Waals surface area contributed by atoms with Crippen LogP contribution in [0, 0.1) is 5.82 Å². The first-order chi connectivity index (χ1) is 32.1. The minimum Gasteiger partial charge on any atom is -0.475 e. The molecular weight excluding hydrogens is 937 g/mol. The first-order valence-corrected chi connectivity index (χ1v) is 21.0. The van der Waals surface area contributed by atoms with Crippen LogP contribution in [0.5, 0.6) is 0 Å². The number of carbonyl (C=O) groups is 4. The highest BCUT2D eigenvalue weighted by Crippen LogP contribution is 2.26. The summed E-state index contributed by atoms with van der Waals surface area (Å²) in [6.07, 6.45) is -10.7. The lowest BCUT2D eigenvalue weighted by molar-refractivity contribution is -0.908. The van der Waals surface area contributed by atoms with Gasteiger partial charge in [0.05, 0.1) is 26.7 Å². The minimum atomic E-state index is -5.08. The monoisotopic (exact) mass is 988 g/mol. The number of hydrogen-bond donors (Lipinski definition) is 5. The molecule has 4 aromatic rings. The van der Waals surface area contributed by atoms with Gasteiger partial charge in [-0.25, -0.2) is 18.8 Å². The summed E-state index contributed by atoms with van der Waals surface area (Å²) >= 11 is 0. The van der Waals surface area contributed by atoms with E-state index in [0.29, 0.717) is 23.7 Å². The molecule has 5 N–H and O–H groups in total. The van der Waals surface area contributed by atoms with Crippen LogP contribution in [-0.4, -0.2) is 137 Å². The second kappa shape index (κ2) is 25.8. The van der Waals surface area contributed by atoms with Gasteiger partial charge < -0.3 is 30.4 Å². The van der Waals surface area contributed by atoms with Crippen molar-refractivity contribution >= 4 is 29.9 Å². The van der Waals surface area contributed by atoms with E-state index in [1.54, 1.807) is 6.07 Å². The fourth-order valence-corrected chi connectivity index (χ4v) is 6.85. The topological polar surface area (TPSA) is 160 Å². The molecular formula is C47H52F10N5O7+. The van der Waals surface area contributed by atoms with Crippen molar-refractivity contribution in [3.05, 3.63) is 137 Å². The lowest BCUT2D eigenvalue weighted by Crippen LogP contribution is -2.56. The number of halogens is 10. The number of carbonyl (C=O) groups excluding carboxylic acids is 1. The third kappa shape index (κ3) is 20.8. The van der Waals surface area contributed by atoms with Crippen LogP contribution in [0.2, 0.25) is 0 Å². The summed E-state index contributed by atoms with van der Waals surface area (Å²) in [5, 5.41) is 27.9. The molecule has 2 fully saturated rings. The van der Waals surface area contributed by atoms with Gasteiger partial charge in [-0.2, -0.15) is 39.5 Å². The van der Waals surface area contributed by atoms with Gasteiger partial charge in [0.2, 0.25) is 0 Å². The maximum absolute atomic E-state index is 15.0. The number of nitrogens with one attached hydrogen (secondary N) is 2. The molecule has 376 valence electrons. The van der Waals surface area contributed by atoms with Crippen molar-refractivity contribution in [3.63, 3.8) is 0 Å². The summed E-state index contributed by atoms with van der Waals surface area (Å²) in [6.45, 7) is 12.5. The maximum Gasteiger partial charge on any atom is 0.490 e. The number of likely N-dealkylation sites (N-methyl/N-ethyl adjacent to an activating group) is 1. The van der Waals surface area contributed by atoms with Crippen LogP contribution in [-0.2, 0) is 34.0 Å². The second-order valence-corrected chi connectivity index (χ2v) is 16.2. The van der Waals surface area contributed by atoms with Crippen LogP contribution in [0.3, 0.4) is 0 Å². The van der Waals surface area contributed by atoms with Crippen LogP contribution >= 0.6 is 0 Å². The number of carboxylic acid groups (broad SMARTS) is 3. The van der Waals surface area contributed by atoms with Crippen molar-refractivity contribution < 1.29 is 82.9 Å². The lowest BCUT2D eigenvalue weighted by atomic mass is 10.00. The highest BCUT2D eigenvalue weighted by atomic mass is 19.4. The zero-order valence-corrected chi connectivity index (χ0v) is 37.3. The van der Waals surface area contributed by atoms with Crippen LogP contribution < -0.4 is 10.6 Å². The molecule has 0 unspecified atom stereocenters. The van der Waals surface area contributed by atoms with E-state index in [4.69, 9.17) is 29.7 Å². The van der Waals surface area contributed by atoms with Crippen LogP contribution in [0.25, 0.3) is 17.2 Å². The zero-order valence-electron chi connectivity index (χ0n) is 37.3. The Morgan fingerprint density at radius 3 is 1.78 bits per heavy atom. The summed E-state index contributed by atoms with van der Waals surface area (Å²) in [5.74, 6) is -8.65. The number of hydrogen-bond acceptors (Lipinski definition) is 7. The fraction of sp³-hybridized carbons (Fsp3) is 0.362. The summed E-state index contributed by atoms with van der Waals surface area (Å²) in [6, 6.07) is 32.1. The number of benzene rings is 4. The molecule has 0 spiro atoms. The normalized spacial score (nSPS) is 16.4. The molecule has 2 aliphatic rings. The van der Waals surface area contributed by atoms with E-state index >= 15 is 4.39 Å². The Kier molecular flexibility index (Phi) is 21.3. The van der Waals surface area contributed by atoms with E-state index in [9.17, 15) is 44.3 Å². The van der Waals surface area contributed by atoms with Gasteiger partial charge in [-0.3, -0.25) is 14.6 Å². The third-order valence-corrected chi connectivity index (χ3v) is 10.5. The van der Waals surface area contributed by atoms with Crippen molar-refractivity contribution in [1.82, 2.24) is 20.4 Å². The number of rotatable bonds is 11. The minimum absolute atomic E-state index is 0.122. The van der Waals surface area contributed by atoms with Crippen molar-refractivity contribution in [2.24, 2.45) is 0 Å².